The topological polar surface area (TPSA) is 110 Å². The van der Waals surface area contributed by atoms with Gasteiger partial charge in [-0.05, 0) is 63.6 Å². The summed E-state index contributed by atoms with van der Waals surface area (Å²) in [6, 6.07) is 8.19. The largest absolute Gasteiger partial charge is 0.365 e. The van der Waals surface area contributed by atoms with Gasteiger partial charge in [0.1, 0.15) is 5.54 Å². The Morgan fingerprint density at radius 3 is 2.62 bits per heavy atom. The molecular weight excluding hydrogens is 432 g/mol. The second kappa shape index (κ2) is 8.45. The van der Waals surface area contributed by atoms with E-state index in [-0.39, 0.29) is 30.2 Å². The highest BCUT2D eigenvalue weighted by molar-refractivity contribution is 6.07. The lowest BCUT2D eigenvalue weighted by Crippen LogP contribution is -2.54. The third-order valence-corrected chi connectivity index (χ3v) is 7.55. The van der Waals surface area contributed by atoms with Gasteiger partial charge < -0.3 is 15.1 Å². The summed E-state index contributed by atoms with van der Waals surface area (Å²) < 4.78 is 0. The van der Waals surface area contributed by atoms with E-state index < -0.39 is 11.6 Å². The molecule has 2 aromatic rings. The molecule has 3 fully saturated rings. The van der Waals surface area contributed by atoms with Crippen LogP contribution in [0.2, 0.25) is 0 Å². The van der Waals surface area contributed by atoms with Crippen molar-refractivity contribution in [3.8, 4) is 11.1 Å². The molecule has 1 unspecified atom stereocenters. The van der Waals surface area contributed by atoms with Gasteiger partial charge in [0.15, 0.2) is 0 Å². The number of hydrogen-bond donors (Lipinski definition) is 3. The van der Waals surface area contributed by atoms with E-state index in [4.69, 9.17) is 0 Å². The average Bonchev–Trinajstić information content (AvgIpc) is 3.55. The highest BCUT2D eigenvalue weighted by atomic mass is 16.2. The molecule has 34 heavy (non-hydrogen) atoms. The SMILES string of the molecule is Cc1n[nH]c(C)c1-c1cccc(N2CCN(C(=O)CCC3(C4CC4)NC(=O)NC3=O)C[C@@H]2C)c1. The molecule has 1 aromatic carbocycles. The Kier molecular flexibility index (Phi) is 5.58. The lowest BCUT2D eigenvalue weighted by molar-refractivity contribution is -0.133. The highest BCUT2D eigenvalue weighted by Gasteiger charge is 2.55. The highest BCUT2D eigenvalue weighted by Crippen LogP contribution is 2.44. The molecule has 1 aliphatic carbocycles. The minimum Gasteiger partial charge on any atom is -0.365 e. The van der Waals surface area contributed by atoms with E-state index in [0.29, 0.717) is 19.5 Å². The lowest BCUT2D eigenvalue weighted by atomic mass is 9.87. The zero-order valence-electron chi connectivity index (χ0n) is 20.0. The van der Waals surface area contributed by atoms with Crippen molar-refractivity contribution in [1.29, 1.82) is 0 Å². The Hall–Kier alpha value is -3.36. The molecule has 9 heteroatoms. The van der Waals surface area contributed by atoms with Crippen LogP contribution in [0.5, 0.6) is 0 Å². The number of aromatic nitrogens is 2. The van der Waals surface area contributed by atoms with Gasteiger partial charge in [0.25, 0.3) is 5.91 Å². The van der Waals surface area contributed by atoms with Gasteiger partial charge in [-0.2, -0.15) is 5.10 Å². The smallest absolute Gasteiger partial charge is 0.322 e. The number of hydrogen-bond acceptors (Lipinski definition) is 5. The Morgan fingerprint density at radius 2 is 2.00 bits per heavy atom. The van der Waals surface area contributed by atoms with Gasteiger partial charge in [-0.3, -0.25) is 20.0 Å². The van der Waals surface area contributed by atoms with E-state index in [1.165, 1.54) is 0 Å². The number of amides is 4. The molecule has 2 saturated heterocycles. The number of aromatic amines is 1. The van der Waals surface area contributed by atoms with Crippen LogP contribution in [0.25, 0.3) is 11.1 Å². The van der Waals surface area contributed by atoms with Crippen LogP contribution in [0.3, 0.4) is 0 Å². The fourth-order valence-electron chi connectivity index (χ4n) is 5.60. The number of benzene rings is 1. The molecule has 4 amide bonds. The number of nitrogens with zero attached hydrogens (tertiary/aromatic N) is 3. The molecule has 9 nitrogen and oxygen atoms in total. The van der Waals surface area contributed by atoms with Gasteiger partial charge >= 0.3 is 6.03 Å². The van der Waals surface area contributed by atoms with E-state index in [0.717, 1.165) is 47.6 Å². The minimum absolute atomic E-state index is 0.0406. The molecule has 3 N–H and O–H groups in total. The molecular formula is C25H32N6O3. The summed E-state index contributed by atoms with van der Waals surface area (Å²) in [5, 5.41) is 12.6. The molecule has 0 radical (unpaired) electrons. The zero-order chi connectivity index (χ0) is 24.0. The molecule has 5 rings (SSSR count). The first-order valence-electron chi connectivity index (χ1n) is 12.1. The Balaban J connectivity index is 1.23. The van der Waals surface area contributed by atoms with Gasteiger partial charge in [0.05, 0.1) is 5.69 Å². The summed E-state index contributed by atoms with van der Waals surface area (Å²) in [5.41, 5.74) is 4.52. The van der Waals surface area contributed by atoms with Crippen molar-refractivity contribution < 1.29 is 14.4 Å². The number of H-pyrrole nitrogens is 1. The maximum absolute atomic E-state index is 13.1. The fraction of sp³-hybridized carbons (Fsp3) is 0.520. The van der Waals surface area contributed by atoms with Crippen LogP contribution < -0.4 is 15.5 Å². The number of rotatable bonds is 6. The predicted molar refractivity (Wildman–Crippen MR) is 128 cm³/mol. The normalized spacial score (nSPS) is 24.9. The summed E-state index contributed by atoms with van der Waals surface area (Å²) in [7, 11) is 0. The van der Waals surface area contributed by atoms with Crippen molar-refractivity contribution in [3.63, 3.8) is 0 Å². The maximum atomic E-state index is 13.1. The number of carbonyl (C=O) groups is 3. The molecule has 2 atom stereocenters. The number of urea groups is 1. The fourth-order valence-corrected chi connectivity index (χ4v) is 5.60. The molecule has 3 aliphatic rings. The number of carbonyl (C=O) groups excluding carboxylic acids is 3. The summed E-state index contributed by atoms with van der Waals surface area (Å²) in [6.07, 6.45) is 2.43. The number of nitrogens with one attached hydrogen (secondary N) is 3. The van der Waals surface area contributed by atoms with Gasteiger partial charge in [-0.25, -0.2) is 4.79 Å². The van der Waals surface area contributed by atoms with Gasteiger partial charge in [-0.15, -0.1) is 0 Å². The van der Waals surface area contributed by atoms with Gasteiger partial charge in [-0.1, -0.05) is 12.1 Å². The summed E-state index contributed by atoms with van der Waals surface area (Å²) in [4.78, 5) is 41.5. The number of imide groups is 1. The van der Waals surface area contributed by atoms with E-state index >= 15 is 0 Å². The molecule has 0 spiro atoms. The molecule has 1 aromatic heterocycles. The monoisotopic (exact) mass is 464 g/mol. The van der Waals surface area contributed by atoms with Crippen LogP contribution in [-0.2, 0) is 9.59 Å². The standard InChI is InChI=1S/C25H32N6O3/c1-15-14-30(21(32)9-10-25(19-7-8-19)23(33)26-24(34)27-25)11-12-31(15)20-6-4-5-18(13-20)22-16(2)28-29-17(22)3/h4-6,13,15,19H,7-12,14H2,1-3H3,(H,28,29)(H2,26,27,33,34)/t15-,25?/m0/s1. The van der Waals surface area contributed by atoms with Crippen molar-refractivity contribution >= 4 is 23.5 Å². The Labute approximate surface area is 199 Å². The molecule has 2 aliphatic heterocycles. The lowest BCUT2D eigenvalue weighted by Gasteiger charge is -2.41. The second-order valence-corrected chi connectivity index (χ2v) is 9.90. The van der Waals surface area contributed by atoms with E-state index in [2.05, 4.69) is 56.9 Å². The average molecular weight is 465 g/mol. The first-order valence-corrected chi connectivity index (χ1v) is 12.1. The van der Waals surface area contributed by atoms with E-state index in [9.17, 15) is 14.4 Å². The van der Waals surface area contributed by atoms with Gasteiger partial charge in [0.2, 0.25) is 5.91 Å². The second-order valence-electron chi connectivity index (χ2n) is 9.90. The first-order chi connectivity index (χ1) is 16.3. The number of aryl methyl sites for hydroxylation is 2. The zero-order valence-corrected chi connectivity index (χ0v) is 20.0. The van der Waals surface area contributed by atoms with Crippen molar-refractivity contribution in [2.75, 3.05) is 24.5 Å². The molecule has 0 bridgehead atoms. The summed E-state index contributed by atoms with van der Waals surface area (Å²) in [5.74, 6) is -0.106. The summed E-state index contributed by atoms with van der Waals surface area (Å²) in [6.45, 7) is 8.17. The first kappa shape index (κ1) is 22.4. The predicted octanol–water partition coefficient (Wildman–Crippen LogP) is 2.50. The van der Waals surface area contributed by atoms with Crippen LogP contribution in [0, 0.1) is 19.8 Å². The van der Waals surface area contributed by atoms with Crippen LogP contribution in [0.1, 0.15) is 44.0 Å². The third-order valence-electron chi connectivity index (χ3n) is 7.55. The van der Waals surface area contributed by atoms with Crippen molar-refractivity contribution in [1.82, 2.24) is 25.7 Å². The van der Waals surface area contributed by atoms with E-state index in [1.54, 1.807) is 0 Å². The quantitative estimate of drug-likeness (QED) is 0.569. The van der Waals surface area contributed by atoms with Crippen molar-refractivity contribution in [3.05, 3.63) is 35.7 Å². The minimum atomic E-state index is -0.913. The maximum Gasteiger partial charge on any atom is 0.322 e. The molecule has 1 saturated carbocycles. The van der Waals surface area contributed by atoms with Gasteiger partial charge in [0, 0.05) is 49.0 Å². The summed E-state index contributed by atoms with van der Waals surface area (Å²) >= 11 is 0. The third kappa shape index (κ3) is 3.93. The number of piperazine rings is 1. The van der Waals surface area contributed by atoms with Crippen LogP contribution in [0.15, 0.2) is 24.3 Å². The van der Waals surface area contributed by atoms with E-state index in [1.807, 2.05) is 18.7 Å². The Bertz CT molecular complexity index is 1120. The van der Waals surface area contributed by atoms with Crippen molar-refractivity contribution in [2.45, 2.75) is 58.0 Å². The molecule has 180 valence electrons. The van der Waals surface area contributed by atoms with Crippen molar-refractivity contribution in [2.24, 2.45) is 5.92 Å². The van der Waals surface area contributed by atoms with Crippen LogP contribution >= 0.6 is 0 Å². The van der Waals surface area contributed by atoms with Crippen LogP contribution in [0.4, 0.5) is 10.5 Å². The number of anilines is 1. The van der Waals surface area contributed by atoms with Crippen LogP contribution in [-0.4, -0.2) is 64.2 Å². The molecule has 3 heterocycles. The Morgan fingerprint density at radius 1 is 1.21 bits per heavy atom.